The van der Waals surface area contributed by atoms with Crippen molar-refractivity contribution in [3.05, 3.63) is 0 Å². The van der Waals surface area contributed by atoms with Crippen LogP contribution >= 0.6 is 0 Å². The molecule has 0 fully saturated rings. The van der Waals surface area contributed by atoms with Crippen molar-refractivity contribution in [2.45, 2.75) is 40.2 Å². The van der Waals surface area contributed by atoms with Crippen LogP contribution in [0.3, 0.4) is 0 Å². The number of nitrogens with zero attached hydrogens (tertiary/aromatic N) is 1. The lowest BCUT2D eigenvalue weighted by atomic mass is 9.93. The fourth-order valence-corrected chi connectivity index (χ4v) is 1.40. The molecule has 0 radical (unpaired) electrons. The predicted molar refractivity (Wildman–Crippen MR) is 61.2 cm³/mol. The Balaban J connectivity index is 4.02. The van der Waals surface area contributed by atoms with Crippen molar-refractivity contribution >= 4 is 0 Å². The predicted octanol–water partition coefficient (Wildman–Crippen LogP) is 1.06. The summed E-state index contributed by atoms with van der Waals surface area (Å²) in [4.78, 5) is 2.26. The van der Waals surface area contributed by atoms with E-state index in [4.69, 9.17) is 5.73 Å². The minimum absolute atomic E-state index is 0.142. The zero-order valence-corrected chi connectivity index (χ0v) is 10.1. The molecule has 1 unspecified atom stereocenters. The summed E-state index contributed by atoms with van der Waals surface area (Å²) < 4.78 is 0. The van der Waals surface area contributed by atoms with Crippen molar-refractivity contribution < 1.29 is 5.11 Å². The third-order valence-electron chi connectivity index (χ3n) is 2.59. The van der Waals surface area contributed by atoms with Crippen molar-refractivity contribution in [2.24, 2.45) is 11.1 Å². The Morgan fingerprint density at radius 3 is 2.29 bits per heavy atom. The van der Waals surface area contributed by atoms with E-state index in [1.54, 1.807) is 0 Å². The van der Waals surface area contributed by atoms with E-state index in [-0.39, 0.29) is 11.5 Å². The van der Waals surface area contributed by atoms with Crippen LogP contribution in [0.2, 0.25) is 0 Å². The van der Waals surface area contributed by atoms with Gasteiger partial charge in [-0.1, -0.05) is 27.7 Å². The van der Waals surface area contributed by atoms with E-state index in [9.17, 15) is 5.11 Å². The van der Waals surface area contributed by atoms with Crippen LogP contribution in [0.1, 0.15) is 34.1 Å². The van der Waals surface area contributed by atoms with Gasteiger partial charge in [0.2, 0.25) is 0 Å². The molecule has 3 nitrogen and oxygen atoms in total. The van der Waals surface area contributed by atoms with Crippen molar-refractivity contribution in [1.29, 1.82) is 0 Å². The van der Waals surface area contributed by atoms with Crippen molar-refractivity contribution in [2.75, 3.05) is 26.2 Å². The van der Waals surface area contributed by atoms with E-state index >= 15 is 0 Å². The molecule has 0 aliphatic heterocycles. The largest absolute Gasteiger partial charge is 0.392 e. The van der Waals surface area contributed by atoms with Crippen LogP contribution in [0.5, 0.6) is 0 Å². The molecule has 0 aromatic heterocycles. The van der Waals surface area contributed by atoms with E-state index in [2.05, 4.69) is 25.7 Å². The van der Waals surface area contributed by atoms with E-state index in [1.807, 2.05) is 6.92 Å². The minimum atomic E-state index is -0.205. The average molecular weight is 202 g/mol. The van der Waals surface area contributed by atoms with E-state index in [1.165, 1.54) is 0 Å². The van der Waals surface area contributed by atoms with Crippen LogP contribution in [-0.4, -0.2) is 42.3 Å². The summed E-state index contributed by atoms with van der Waals surface area (Å²) in [6.07, 6.45) is 0.614. The first kappa shape index (κ1) is 13.9. The van der Waals surface area contributed by atoms with Gasteiger partial charge < -0.3 is 15.7 Å². The molecule has 1 atom stereocenters. The highest BCUT2D eigenvalue weighted by atomic mass is 16.3. The number of hydrogen-bond donors (Lipinski definition) is 2. The molecule has 3 N–H and O–H groups in total. The van der Waals surface area contributed by atoms with Crippen LogP contribution < -0.4 is 5.73 Å². The molecule has 86 valence electrons. The van der Waals surface area contributed by atoms with Crippen molar-refractivity contribution in [3.8, 4) is 0 Å². The zero-order chi connectivity index (χ0) is 11.2. The number of likely N-dealkylation sites (N-methyl/N-ethyl adjacent to an activating group) is 1. The minimum Gasteiger partial charge on any atom is -0.392 e. The SMILES string of the molecule is CCC(O)CN(CC)CC(C)(C)CN. The number of aliphatic hydroxyl groups is 1. The second-order valence-electron chi connectivity index (χ2n) is 4.76. The van der Waals surface area contributed by atoms with Gasteiger partial charge in [0, 0.05) is 13.1 Å². The maximum Gasteiger partial charge on any atom is 0.0664 e. The lowest BCUT2D eigenvalue weighted by Crippen LogP contribution is -2.41. The summed E-state index contributed by atoms with van der Waals surface area (Å²) in [5.41, 5.74) is 5.83. The van der Waals surface area contributed by atoms with Crippen LogP contribution in [0.15, 0.2) is 0 Å². The zero-order valence-electron chi connectivity index (χ0n) is 10.1. The number of hydrogen-bond acceptors (Lipinski definition) is 3. The van der Waals surface area contributed by atoms with Gasteiger partial charge in [0.25, 0.3) is 0 Å². The van der Waals surface area contributed by atoms with Gasteiger partial charge in [-0.05, 0) is 24.9 Å². The summed E-state index contributed by atoms with van der Waals surface area (Å²) in [5, 5.41) is 9.56. The van der Waals surface area contributed by atoms with Gasteiger partial charge in [-0.3, -0.25) is 0 Å². The molecule has 0 spiro atoms. The maximum atomic E-state index is 9.56. The third-order valence-corrected chi connectivity index (χ3v) is 2.59. The fraction of sp³-hybridized carbons (Fsp3) is 1.00. The molecule has 0 saturated carbocycles. The molecule has 0 bridgehead atoms. The highest BCUT2D eigenvalue weighted by Crippen LogP contribution is 2.15. The van der Waals surface area contributed by atoms with Gasteiger partial charge >= 0.3 is 0 Å². The van der Waals surface area contributed by atoms with Gasteiger partial charge in [-0.15, -0.1) is 0 Å². The van der Waals surface area contributed by atoms with Crippen LogP contribution in [-0.2, 0) is 0 Å². The standard InChI is InChI=1S/C11H26N2O/c1-5-10(14)7-13(6-2)9-11(3,4)8-12/h10,14H,5-9,12H2,1-4H3. The summed E-state index contributed by atoms with van der Waals surface area (Å²) in [7, 11) is 0. The molecular formula is C11H26N2O. The highest BCUT2D eigenvalue weighted by Gasteiger charge is 2.20. The first-order valence-electron chi connectivity index (χ1n) is 5.55. The van der Waals surface area contributed by atoms with Gasteiger partial charge in [-0.25, -0.2) is 0 Å². The Morgan fingerprint density at radius 2 is 1.93 bits per heavy atom. The topological polar surface area (TPSA) is 49.5 Å². The molecule has 0 aliphatic rings. The van der Waals surface area contributed by atoms with Gasteiger partial charge in [-0.2, -0.15) is 0 Å². The fourth-order valence-electron chi connectivity index (χ4n) is 1.40. The molecule has 0 aromatic carbocycles. The lowest BCUT2D eigenvalue weighted by molar-refractivity contribution is 0.0905. The van der Waals surface area contributed by atoms with E-state index in [0.717, 1.165) is 26.1 Å². The molecule has 0 saturated heterocycles. The van der Waals surface area contributed by atoms with Crippen LogP contribution in [0.25, 0.3) is 0 Å². The number of nitrogens with two attached hydrogens (primary N) is 1. The molecule has 0 aromatic rings. The lowest BCUT2D eigenvalue weighted by Gasteiger charge is -2.32. The number of aliphatic hydroxyl groups excluding tert-OH is 1. The second kappa shape index (κ2) is 6.38. The average Bonchev–Trinajstić information content (AvgIpc) is 2.16. The Morgan fingerprint density at radius 1 is 1.36 bits per heavy atom. The highest BCUT2D eigenvalue weighted by molar-refractivity contribution is 4.75. The summed E-state index contributed by atoms with van der Waals surface area (Å²) >= 11 is 0. The monoisotopic (exact) mass is 202 g/mol. The normalized spacial score (nSPS) is 14.8. The quantitative estimate of drug-likeness (QED) is 0.649. The van der Waals surface area contributed by atoms with Gasteiger partial charge in [0.1, 0.15) is 0 Å². The van der Waals surface area contributed by atoms with Crippen LogP contribution in [0, 0.1) is 5.41 Å². The van der Waals surface area contributed by atoms with Crippen molar-refractivity contribution in [1.82, 2.24) is 4.90 Å². The smallest absolute Gasteiger partial charge is 0.0664 e. The van der Waals surface area contributed by atoms with Crippen molar-refractivity contribution in [3.63, 3.8) is 0 Å². The summed E-state index contributed by atoms with van der Waals surface area (Å²) in [6.45, 7) is 11.8. The summed E-state index contributed by atoms with van der Waals surface area (Å²) in [5.74, 6) is 0. The van der Waals surface area contributed by atoms with Gasteiger partial charge in [0.15, 0.2) is 0 Å². The Bertz CT molecular complexity index is 148. The Kier molecular flexibility index (Phi) is 6.33. The van der Waals surface area contributed by atoms with Gasteiger partial charge in [0.05, 0.1) is 6.10 Å². The molecule has 3 heteroatoms. The second-order valence-corrected chi connectivity index (χ2v) is 4.76. The molecule has 0 amide bonds. The third kappa shape index (κ3) is 5.58. The Labute approximate surface area is 88.3 Å². The molecule has 14 heavy (non-hydrogen) atoms. The maximum absolute atomic E-state index is 9.56. The molecule has 0 rings (SSSR count). The first-order valence-corrected chi connectivity index (χ1v) is 5.55. The van der Waals surface area contributed by atoms with Crippen LogP contribution in [0.4, 0.5) is 0 Å². The molecule has 0 aliphatic carbocycles. The first-order chi connectivity index (χ1) is 6.45. The number of rotatable bonds is 7. The Hall–Kier alpha value is -0.120. The molecular weight excluding hydrogens is 176 g/mol. The molecule has 0 heterocycles. The summed E-state index contributed by atoms with van der Waals surface area (Å²) in [6, 6.07) is 0. The van der Waals surface area contributed by atoms with E-state index in [0.29, 0.717) is 6.54 Å². The van der Waals surface area contributed by atoms with E-state index < -0.39 is 0 Å².